The van der Waals surface area contributed by atoms with Crippen molar-refractivity contribution >= 4 is 11.7 Å². The van der Waals surface area contributed by atoms with Gasteiger partial charge in [-0.1, -0.05) is 20.8 Å². The first-order chi connectivity index (χ1) is 9.86. The predicted octanol–water partition coefficient (Wildman–Crippen LogP) is 2.29. The first-order valence-electron chi connectivity index (χ1n) is 6.81. The van der Waals surface area contributed by atoms with Gasteiger partial charge in [0, 0.05) is 35.6 Å². The van der Waals surface area contributed by atoms with Crippen molar-refractivity contribution < 1.29 is 4.79 Å². The number of nitrogen functional groups attached to an aromatic ring is 1. The van der Waals surface area contributed by atoms with Gasteiger partial charge < -0.3 is 11.1 Å². The first-order valence-corrected chi connectivity index (χ1v) is 6.81. The molecule has 0 saturated heterocycles. The topological polar surface area (TPSA) is 80.9 Å². The number of rotatable bonds is 3. The summed E-state index contributed by atoms with van der Waals surface area (Å²) in [4.78, 5) is 20.5. The standard InChI is InChI=1S/C16H20N4O/c1-16(2,3)13-8-12(9-14(17)20-13)15(21)19-10-11-4-6-18-7-5-11/h4-9H,10H2,1-3H3,(H2,17,20)(H,19,21). The van der Waals surface area contributed by atoms with Crippen molar-refractivity contribution in [3.63, 3.8) is 0 Å². The summed E-state index contributed by atoms with van der Waals surface area (Å²) in [6.07, 6.45) is 3.40. The Morgan fingerprint density at radius 1 is 1.24 bits per heavy atom. The van der Waals surface area contributed by atoms with E-state index >= 15 is 0 Å². The van der Waals surface area contributed by atoms with Gasteiger partial charge >= 0.3 is 0 Å². The first kappa shape index (κ1) is 15.0. The van der Waals surface area contributed by atoms with E-state index in [1.54, 1.807) is 24.5 Å². The normalized spacial score (nSPS) is 11.2. The number of amides is 1. The van der Waals surface area contributed by atoms with E-state index in [1.807, 2.05) is 32.9 Å². The second-order valence-electron chi connectivity index (χ2n) is 5.95. The monoisotopic (exact) mass is 284 g/mol. The number of pyridine rings is 2. The molecule has 2 rings (SSSR count). The Hall–Kier alpha value is -2.43. The van der Waals surface area contributed by atoms with Gasteiger partial charge in [0.05, 0.1) is 0 Å². The molecule has 1 amide bonds. The van der Waals surface area contributed by atoms with Crippen molar-refractivity contribution in [2.45, 2.75) is 32.7 Å². The summed E-state index contributed by atoms with van der Waals surface area (Å²) in [7, 11) is 0. The predicted molar refractivity (Wildman–Crippen MR) is 82.8 cm³/mol. The summed E-state index contributed by atoms with van der Waals surface area (Å²) >= 11 is 0. The third kappa shape index (κ3) is 4.02. The molecule has 2 aromatic rings. The number of carbonyl (C=O) groups is 1. The highest BCUT2D eigenvalue weighted by molar-refractivity contribution is 5.94. The van der Waals surface area contributed by atoms with Crippen molar-refractivity contribution in [1.82, 2.24) is 15.3 Å². The number of nitrogens with two attached hydrogens (primary N) is 1. The number of nitrogens with one attached hydrogen (secondary N) is 1. The van der Waals surface area contributed by atoms with Gasteiger partial charge in [-0.25, -0.2) is 4.98 Å². The highest BCUT2D eigenvalue weighted by Crippen LogP contribution is 2.22. The number of nitrogens with zero attached hydrogens (tertiary/aromatic N) is 2. The van der Waals surface area contributed by atoms with Gasteiger partial charge in [-0.3, -0.25) is 9.78 Å². The van der Waals surface area contributed by atoms with Crippen LogP contribution in [0.5, 0.6) is 0 Å². The van der Waals surface area contributed by atoms with E-state index in [0.717, 1.165) is 11.3 Å². The quantitative estimate of drug-likeness (QED) is 0.906. The third-order valence-corrected chi connectivity index (χ3v) is 3.08. The molecule has 0 aliphatic carbocycles. The second kappa shape index (κ2) is 5.91. The van der Waals surface area contributed by atoms with E-state index in [1.165, 1.54) is 0 Å². The molecule has 2 heterocycles. The van der Waals surface area contributed by atoms with Gasteiger partial charge in [0.15, 0.2) is 0 Å². The number of hydrogen-bond donors (Lipinski definition) is 2. The Kier molecular flexibility index (Phi) is 4.21. The van der Waals surface area contributed by atoms with Crippen molar-refractivity contribution in [3.8, 4) is 0 Å². The van der Waals surface area contributed by atoms with Crippen LogP contribution in [0.4, 0.5) is 5.82 Å². The second-order valence-corrected chi connectivity index (χ2v) is 5.95. The summed E-state index contributed by atoms with van der Waals surface area (Å²) in [5, 5.41) is 2.87. The summed E-state index contributed by atoms with van der Waals surface area (Å²) in [5.74, 6) is 0.197. The molecule has 0 aliphatic heterocycles. The molecular formula is C16H20N4O. The minimum Gasteiger partial charge on any atom is -0.384 e. The number of hydrogen-bond acceptors (Lipinski definition) is 4. The van der Waals surface area contributed by atoms with E-state index in [9.17, 15) is 4.79 Å². The maximum Gasteiger partial charge on any atom is 0.251 e. The minimum absolute atomic E-state index is 0.157. The van der Waals surface area contributed by atoms with Crippen LogP contribution >= 0.6 is 0 Å². The van der Waals surface area contributed by atoms with E-state index in [2.05, 4.69) is 15.3 Å². The molecule has 0 atom stereocenters. The molecule has 2 aromatic heterocycles. The van der Waals surface area contributed by atoms with Crippen LogP contribution in [0.25, 0.3) is 0 Å². The molecule has 0 unspecified atom stereocenters. The van der Waals surface area contributed by atoms with Crippen LogP contribution in [0.2, 0.25) is 0 Å². The Bertz CT molecular complexity index is 632. The molecule has 0 aromatic carbocycles. The van der Waals surface area contributed by atoms with Gasteiger partial charge in [-0.05, 0) is 29.8 Å². The van der Waals surface area contributed by atoms with Crippen LogP contribution in [-0.2, 0) is 12.0 Å². The Morgan fingerprint density at radius 2 is 1.90 bits per heavy atom. The zero-order valence-electron chi connectivity index (χ0n) is 12.6. The molecule has 5 heteroatoms. The van der Waals surface area contributed by atoms with Crippen molar-refractivity contribution in [2.75, 3.05) is 5.73 Å². The largest absolute Gasteiger partial charge is 0.384 e. The fraction of sp³-hybridized carbons (Fsp3) is 0.312. The van der Waals surface area contributed by atoms with Crippen LogP contribution in [0.1, 0.15) is 42.4 Å². The molecule has 110 valence electrons. The average molecular weight is 284 g/mol. The van der Waals surface area contributed by atoms with Gasteiger partial charge in [0.2, 0.25) is 0 Å². The van der Waals surface area contributed by atoms with Crippen LogP contribution in [0, 0.1) is 0 Å². The molecule has 0 fully saturated rings. The van der Waals surface area contributed by atoms with Crippen LogP contribution in [-0.4, -0.2) is 15.9 Å². The fourth-order valence-electron chi connectivity index (χ4n) is 1.85. The Labute approximate surface area is 124 Å². The Morgan fingerprint density at radius 3 is 2.52 bits per heavy atom. The summed E-state index contributed by atoms with van der Waals surface area (Å²) in [6, 6.07) is 7.11. The SMILES string of the molecule is CC(C)(C)c1cc(C(=O)NCc2ccncc2)cc(N)n1. The summed E-state index contributed by atoms with van der Waals surface area (Å²) in [5.41, 5.74) is 7.97. The van der Waals surface area contributed by atoms with Gasteiger partial charge in [0.25, 0.3) is 5.91 Å². The van der Waals surface area contributed by atoms with Crippen molar-refractivity contribution in [1.29, 1.82) is 0 Å². The minimum atomic E-state index is -0.161. The molecule has 0 radical (unpaired) electrons. The van der Waals surface area contributed by atoms with Gasteiger partial charge in [-0.2, -0.15) is 0 Å². The molecule has 0 bridgehead atoms. The van der Waals surface area contributed by atoms with Gasteiger partial charge in [0.1, 0.15) is 5.82 Å². The van der Waals surface area contributed by atoms with Crippen molar-refractivity contribution in [2.24, 2.45) is 0 Å². The molecule has 0 aliphatic rings. The highest BCUT2D eigenvalue weighted by Gasteiger charge is 2.18. The number of carbonyl (C=O) groups excluding carboxylic acids is 1. The summed E-state index contributed by atoms with van der Waals surface area (Å²) < 4.78 is 0. The maximum atomic E-state index is 12.2. The maximum absolute atomic E-state index is 12.2. The molecular weight excluding hydrogens is 264 g/mol. The van der Waals surface area contributed by atoms with E-state index < -0.39 is 0 Å². The lowest BCUT2D eigenvalue weighted by Crippen LogP contribution is -2.24. The number of anilines is 1. The molecule has 3 N–H and O–H groups in total. The fourth-order valence-corrected chi connectivity index (χ4v) is 1.85. The van der Waals surface area contributed by atoms with Crippen LogP contribution < -0.4 is 11.1 Å². The Balaban J connectivity index is 2.14. The van der Waals surface area contributed by atoms with E-state index in [-0.39, 0.29) is 11.3 Å². The highest BCUT2D eigenvalue weighted by atomic mass is 16.1. The molecule has 21 heavy (non-hydrogen) atoms. The third-order valence-electron chi connectivity index (χ3n) is 3.08. The van der Waals surface area contributed by atoms with Crippen LogP contribution in [0.3, 0.4) is 0 Å². The lowest BCUT2D eigenvalue weighted by molar-refractivity contribution is 0.0950. The van der Waals surface area contributed by atoms with Crippen molar-refractivity contribution in [3.05, 3.63) is 53.5 Å². The van der Waals surface area contributed by atoms with E-state index in [4.69, 9.17) is 5.73 Å². The van der Waals surface area contributed by atoms with E-state index in [0.29, 0.717) is 17.9 Å². The average Bonchev–Trinajstić information content (AvgIpc) is 2.44. The van der Waals surface area contributed by atoms with Gasteiger partial charge in [-0.15, -0.1) is 0 Å². The zero-order valence-corrected chi connectivity index (χ0v) is 12.6. The lowest BCUT2D eigenvalue weighted by Gasteiger charge is -2.19. The molecule has 5 nitrogen and oxygen atoms in total. The number of aromatic nitrogens is 2. The smallest absolute Gasteiger partial charge is 0.251 e. The molecule has 0 spiro atoms. The van der Waals surface area contributed by atoms with Crippen LogP contribution in [0.15, 0.2) is 36.7 Å². The lowest BCUT2D eigenvalue weighted by atomic mass is 9.90. The molecule has 0 saturated carbocycles. The summed E-state index contributed by atoms with van der Waals surface area (Å²) in [6.45, 7) is 6.56. The zero-order chi connectivity index (χ0) is 15.5.